The Bertz CT molecular complexity index is 835. The lowest BCUT2D eigenvalue weighted by Crippen LogP contribution is -2.38. The molecular formula is C21H20F4O2. The number of benzene rings is 2. The lowest BCUT2D eigenvalue weighted by Gasteiger charge is -2.32. The molecule has 2 aromatic rings. The first kappa shape index (κ1) is 18.4. The maximum Gasteiger partial charge on any atom is 0.416 e. The monoisotopic (exact) mass is 380 g/mol. The second-order valence-corrected chi connectivity index (χ2v) is 7.43. The molecule has 2 aliphatic rings. The van der Waals surface area contributed by atoms with Crippen molar-refractivity contribution in [2.45, 2.75) is 56.3 Å². The Morgan fingerprint density at radius 3 is 2.52 bits per heavy atom. The lowest BCUT2D eigenvalue weighted by molar-refractivity contribution is -0.138. The van der Waals surface area contributed by atoms with Gasteiger partial charge in [0.1, 0.15) is 11.4 Å². The highest BCUT2D eigenvalue weighted by atomic mass is 19.4. The fourth-order valence-electron chi connectivity index (χ4n) is 4.09. The van der Waals surface area contributed by atoms with Crippen LogP contribution in [0.3, 0.4) is 0 Å². The molecule has 0 radical (unpaired) electrons. The zero-order chi connectivity index (χ0) is 19.2. The lowest BCUT2D eigenvalue weighted by atomic mass is 9.76. The van der Waals surface area contributed by atoms with E-state index in [1.165, 1.54) is 18.2 Å². The summed E-state index contributed by atoms with van der Waals surface area (Å²) < 4.78 is 65.7. The molecule has 1 aliphatic heterocycles. The van der Waals surface area contributed by atoms with E-state index in [9.17, 15) is 17.6 Å². The van der Waals surface area contributed by atoms with Crippen LogP contribution in [0.25, 0.3) is 0 Å². The van der Waals surface area contributed by atoms with E-state index in [4.69, 9.17) is 9.47 Å². The van der Waals surface area contributed by atoms with Gasteiger partial charge in [0.15, 0.2) is 0 Å². The van der Waals surface area contributed by atoms with Crippen LogP contribution >= 0.6 is 0 Å². The van der Waals surface area contributed by atoms with Crippen LogP contribution < -0.4 is 0 Å². The average Bonchev–Trinajstić information content (AvgIpc) is 3.31. The highest BCUT2D eigenvalue weighted by Gasteiger charge is 2.62. The molecule has 4 rings (SSSR count). The number of ether oxygens (including phenoxy) is 2. The largest absolute Gasteiger partial charge is 0.416 e. The predicted octanol–water partition coefficient (Wildman–Crippen LogP) is 5.46. The summed E-state index contributed by atoms with van der Waals surface area (Å²) in [7, 11) is 0. The fourth-order valence-corrected chi connectivity index (χ4v) is 4.09. The van der Waals surface area contributed by atoms with Gasteiger partial charge in [-0.25, -0.2) is 4.39 Å². The molecule has 2 aromatic carbocycles. The summed E-state index contributed by atoms with van der Waals surface area (Å²) in [5.41, 5.74) is -0.403. The average molecular weight is 380 g/mol. The highest BCUT2D eigenvalue weighted by molar-refractivity contribution is 5.34. The van der Waals surface area contributed by atoms with Gasteiger partial charge in [0, 0.05) is 5.56 Å². The van der Waals surface area contributed by atoms with E-state index in [2.05, 4.69) is 0 Å². The summed E-state index contributed by atoms with van der Waals surface area (Å²) in [6.45, 7) is 1.98. The van der Waals surface area contributed by atoms with Crippen molar-refractivity contribution in [1.82, 2.24) is 0 Å². The minimum atomic E-state index is -4.40. The zero-order valence-electron chi connectivity index (χ0n) is 14.8. The van der Waals surface area contributed by atoms with Crippen molar-refractivity contribution in [3.05, 3.63) is 71.0 Å². The van der Waals surface area contributed by atoms with Gasteiger partial charge in [-0.05, 0) is 43.4 Å². The molecule has 144 valence electrons. The Morgan fingerprint density at radius 2 is 1.78 bits per heavy atom. The number of hydrogen-bond acceptors (Lipinski definition) is 2. The van der Waals surface area contributed by atoms with E-state index in [1.54, 1.807) is 24.3 Å². The standard InChI is InChI=1S/C21H20F4O2/c1-20-18(26-12-13-6-2-5-9-17(13)22)10-14(11-19(20)27-20)15-7-3-4-8-16(15)21(23,24)25/h2-9,14,18-19H,10-12H2,1H3. The summed E-state index contributed by atoms with van der Waals surface area (Å²) in [6.07, 6.45) is -3.98. The number of alkyl halides is 3. The molecule has 0 amide bonds. The summed E-state index contributed by atoms with van der Waals surface area (Å²) in [5, 5.41) is 0. The Labute approximate surface area is 155 Å². The zero-order valence-corrected chi connectivity index (χ0v) is 14.8. The van der Waals surface area contributed by atoms with E-state index < -0.39 is 17.3 Å². The highest BCUT2D eigenvalue weighted by Crippen LogP contribution is 2.54. The maximum atomic E-state index is 13.8. The normalized spacial score (nSPS) is 30.0. The molecule has 2 nitrogen and oxygen atoms in total. The first-order chi connectivity index (χ1) is 12.8. The van der Waals surface area contributed by atoms with Crippen LogP contribution in [0.5, 0.6) is 0 Å². The number of epoxide rings is 1. The molecule has 1 aliphatic carbocycles. The summed E-state index contributed by atoms with van der Waals surface area (Å²) in [4.78, 5) is 0. The SMILES string of the molecule is CC12OC1CC(c1ccccc1C(F)(F)F)CC2OCc1ccccc1F. The molecule has 2 fully saturated rings. The van der Waals surface area contributed by atoms with Crippen molar-refractivity contribution >= 4 is 0 Å². The minimum absolute atomic E-state index is 0.0661. The minimum Gasteiger partial charge on any atom is -0.370 e. The molecule has 27 heavy (non-hydrogen) atoms. The molecule has 4 atom stereocenters. The van der Waals surface area contributed by atoms with Crippen LogP contribution in [-0.2, 0) is 22.3 Å². The Balaban J connectivity index is 1.54. The van der Waals surface area contributed by atoms with Gasteiger partial charge in [0.25, 0.3) is 0 Å². The Kier molecular flexibility index (Phi) is 4.51. The topological polar surface area (TPSA) is 21.8 Å². The van der Waals surface area contributed by atoms with Crippen molar-refractivity contribution in [3.8, 4) is 0 Å². The van der Waals surface area contributed by atoms with Gasteiger partial charge >= 0.3 is 6.18 Å². The van der Waals surface area contributed by atoms with Crippen molar-refractivity contribution in [1.29, 1.82) is 0 Å². The van der Waals surface area contributed by atoms with Crippen LogP contribution in [0, 0.1) is 5.82 Å². The van der Waals surface area contributed by atoms with Gasteiger partial charge in [-0.1, -0.05) is 36.4 Å². The van der Waals surface area contributed by atoms with Gasteiger partial charge < -0.3 is 9.47 Å². The van der Waals surface area contributed by atoms with Gasteiger partial charge in [-0.2, -0.15) is 13.2 Å². The molecule has 1 saturated carbocycles. The third-order valence-corrected chi connectivity index (χ3v) is 5.72. The first-order valence-corrected chi connectivity index (χ1v) is 8.98. The Morgan fingerprint density at radius 1 is 1.07 bits per heavy atom. The molecule has 6 heteroatoms. The van der Waals surface area contributed by atoms with Crippen LogP contribution in [0.15, 0.2) is 48.5 Å². The van der Waals surface area contributed by atoms with Gasteiger partial charge in [-0.15, -0.1) is 0 Å². The molecule has 4 unspecified atom stereocenters. The third kappa shape index (κ3) is 3.48. The van der Waals surface area contributed by atoms with Crippen LogP contribution in [0.1, 0.15) is 42.4 Å². The van der Waals surface area contributed by atoms with Gasteiger partial charge in [-0.3, -0.25) is 0 Å². The van der Waals surface area contributed by atoms with E-state index in [1.807, 2.05) is 6.92 Å². The van der Waals surface area contributed by atoms with Crippen LogP contribution in [0.2, 0.25) is 0 Å². The van der Waals surface area contributed by atoms with Crippen molar-refractivity contribution in [2.24, 2.45) is 0 Å². The molecule has 0 spiro atoms. The maximum absolute atomic E-state index is 13.8. The molecule has 0 aromatic heterocycles. The number of hydrogen-bond donors (Lipinski definition) is 0. The fraction of sp³-hybridized carbons (Fsp3) is 0.429. The second kappa shape index (κ2) is 6.60. The van der Waals surface area contributed by atoms with E-state index in [0.29, 0.717) is 18.4 Å². The molecule has 0 N–H and O–H groups in total. The summed E-state index contributed by atoms with van der Waals surface area (Å²) >= 11 is 0. The van der Waals surface area contributed by atoms with E-state index >= 15 is 0 Å². The van der Waals surface area contributed by atoms with Crippen LogP contribution in [-0.4, -0.2) is 17.8 Å². The molecule has 1 saturated heterocycles. The van der Waals surface area contributed by atoms with E-state index in [-0.39, 0.29) is 36.1 Å². The first-order valence-electron chi connectivity index (χ1n) is 8.98. The van der Waals surface area contributed by atoms with Crippen LogP contribution in [0.4, 0.5) is 17.6 Å². The van der Waals surface area contributed by atoms with Crippen molar-refractivity contribution < 1.29 is 27.0 Å². The number of fused-ring (bicyclic) bond motifs is 1. The molecular weight excluding hydrogens is 360 g/mol. The second-order valence-electron chi connectivity index (χ2n) is 7.43. The van der Waals surface area contributed by atoms with Gasteiger partial charge in [0.2, 0.25) is 0 Å². The smallest absolute Gasteiger partial charge is 0.370 e. The molecule has 1 heterocycles. The van der Waals surface area contributed by atoms with E-state index in [0.717, 1.165) is 6.07 Å². The predicted molar refractivity (Wildman–Crippen MR) is 91.7 cm³/mol. The van der Waals surface area contributed by atoms with Gasteiger partial charge in [0.05, 0.1) is 24.4 Å². The quantitative estimate of drug-likeness (QED) is 0.519. The van der Waals surface area contributed by atoms with Crippen molar-refractivity contribution in [3.63, 3.8) is 0 Å². The molecule has 0 bridgehead atoms. The summed E-state index contributed by atoms with van der Waals surface area (Å²) in [5.74, 6) is -0.667. The number of halogens is 4. The summed E-state index contributed by atoms with van der Waals surface area (Å²) in [6, 6.07) is 12.0. The number of rotatable bonds is 4. The third-order valence-electron chi connectivity index (χ3n) is 5.72. The Hall–Kier alpha value is -1.92. The van der Waals surface area contributed by atoms with Crippen molar-refractivity contribution in [2.75, 3.05) is 0 Å².